The maximum absolute atomic E-state index is 12.7. The van der Waals surface area contributed by atoms with E-state index in [1.165, 1.54) is 28.1 Å². The lowest BCUT2D eigenvalue weighted by molar-refractivity contribution is 0.380. The van der Waals surface area contributed by atoms with Crippen molar-refractivity contribution >= 4 is 11.5 Å². The van der Waals surface area contributed by atoms with Gasteiger partial charge in [0.05, 0.1) is 0 Å². The molecule has 0 fully saturated rings. The van der Waals surface area contributed by atoms with Crippen LogP contribution in [-0.4, -0.2) is 32.6 Å². The molecule has 30 heavy (non-hydrogen) atoms. The number of hydrogen-bond acceptors (Lipinski definition) is 3. The van der Waals surface area contributed by atoms with Gasteiger partial charge in [-0.3, -0.25) is 5.41 Å². The quantitative estimate of drug-likeness (QED) is 0.277. The fourth-order valence-corrected chi connectivity index (χ4v) is 5.74. The van der Waals surface area contributed by atoms with E-state index in [1.807, 2.05) is 7.05 Å². The average Bonchev–Trinajstić information content (AvgIpc) is 3.27. The van der Waals surface area contributed by atoms with Gasteiger partial charge < -0.3 is 15.5 Å². The highest BCUT2D eigenvalue weighted by atomic mass is 19.1. The molecule has 1 heterocycles. The molecule has 1 aromatic rings. The van der Waals surface area contributed by atoms with Gasteiger partial charge in [0.25, 0.3) is 0 Å². The van der Waals surface area contributed by atoms with Gasteiger partial charge in [-0.1, -0.05) is 45.7 Å². The molecule has 1 aliphatic carbocycles. The zero-order valence-electron chi connectivity index (χ0n) is 19.2. The Kier molecular flexibility index (Phi) is 7.56. The molecule has 0 spiro atoms. The Labute approximate surface area is 181 Å². The van der Waals surface area contributed by atoms with Crippen LogP contribution in [0.25, 0.3) is 0 Å². The molecule has 166 valence electrons. The van der Waals surface area contributed by atoms with Crippen molar-refractivity contribution in [3.63, 3.8) is 0 Å². The number of amidine groups is 1. The fourth-order valence-electron chi connectivity index (χ4n) is 5.74. The minimum Gasteiger partial charge on any atom is -0.391 e. The molecule has 4 nitrogen and oxygen atoms in total. The van der Waals surface area contributed by atoms with Crippen molar-refractivity contribution in [1.29, 1.82) is 5.41 Å². The van der Waals surface area contributed by atoms with Crippen LogP contribution in [0.5, 0.6) is 0 Å². The van der Waals surface area contributed by atoms with Crippen LogP contribution >= 0.6 is 0 Å². The molecule has 0 saturated carbocycles. The number of halogens is 1. The zero-order valence-corrected chi connectivity index (χ0v) is 19.2. The summed E-state index contributed by atoms with van der Waals surface area (Å²) in [6, 6.07) is 6.48. The Morgan fingerprint density at radius 1 is 1.27 bits per heavy atom. The monoisotopic (exact) mass is 414 g/mol. The Balaban J connectivity index is 2.07. The SMILES string of the molecule is CCCC1(CCC)CN(C(=N)C2=C(NC)CC[C@H]2C)c2cccc(CNCCF)c21. The lowest BCUT2D eigenvalue weighted by Crippen LogP contribution is -2.38. The molecule has 0 unspecified atom stereocenters. The van der Waals surface area contributed by atoms with E-state index < -0.39 is 0 Å². The van der Waals surface area contributed by atoms with Crippen LogP contribution in [0.4, 0.5) is 10.1 Å². The number of alkyl halides is 1. The van der Waals surface area contributed by atoms with E-state index in [0.29, 0.717) is 24.8 Å². The molecule has 5 heteroatoms. The van der Waals surface area contributed by atoms with E-state index in [1.54, 1.807) is 0 Å². The summed E-state index contributed by atoms with van der Waals surface area (Å²) in [6.45, 7) is 8.35. The molecule has 0 radical (unpaired) electrons. The number of benzene rings is 1. The van der Waals surface area contributed by atoms with E-state index in [0.717, 1.165) is 45.1 Å². The van der Waals surface area contributed by atoms with E-state index in [2.05, 4.69) is 54.5 Å². The zero-order chi connectivity index (χ0) is 21.7. The topological polar surface area (TPSA) is 51.2 Å². The van der Waals surface area contributed by atoms with Crippen LogP contribution in [0.1, 0.15) is 70.4 Å². The van der Waals surface area contributed by atoms with Crippen LogP contribution in [0, 0.1) is 11.3 Å². The molecular weight excluding hydrogens is 375 g/mol. The summed E-state index contributed by atoms with van der Waals surface area (Å²) in [7, 11) is 1.98. The van der Waals surface area contributed by atoms with Gasteiger partial charge in [0.2, 0.25) is 0 Å². The minimum absolute atomic E-state index is 0.0569. The molecular formula is C25H39FN4. The highest BCUT2D eigenvalue weighted by Gasteiger charge is 2.45. The summed E-state index contributed by atoms with van der Waals surface area (Å²) in [5, 5.41) is 15.8. The molecule has 1 aliphatic heterocycles. The largest absolute Gasteiger partial charge is 0.391 e. The number of anilines is 1. The van der Waals surface area contributed by atoms with Gasteiger partial charge in [-0.25, -0.2) is 4.39 Å². The van der Waals surface area contributed by atoms with Gasteiger partial charge >= 0.3 is 0 Å². The standard InChI is InChI=1S/C25H39FN4/c1-5-12-25(13-6-2)17-30(24(27)22-18(3)10-11-20(22)28-4)21-9-7-8-19(23(21)25)16-29-15-14-26/h7-9,18,27-29H,5-6,10-17H2,1-4H3/t18-/m1/s1. The second-order valence-electron chi connectivity index (χ2n) is 8.97. The summed E-state index contributed by atoms with van der Waals surface area (Å²) in [5.74, 6) is 1.07. The van der Waals surface area contributed by atoms with Gasteiger partial charge in [-0.05, 0) is 48.8 Å². The summed E-state index contributed by atoms with van der Waals surface area (Å²) in [4.78, 5) is 2.27. The van der Waals surface area contributed by atoms with Crippen LogP contribution in [-0.2, 0) is 12.0 Å². The predicted molar refractivity (Wildman–Crippen MR) is 125 cm³/mol. The van der Waals surface area contributed by atoms with Gasteiger partial charge in [-0.2, -0.15) is 0 Å². The van der Waals surface area contributed by atoms with Gasteiger partial charge in [0.15, 0.2) is 0 Å². The van der Waals surface area contributed by atoms with Crippen molar-refractivity contribution in [2.24, 2.45) is 5.92 Å². The first-order valence-corrected chi connectivity index (χ1v) is 11.7. The van der Waals surface area contributed by atoms with E-state index in [-0.39, 0.29) is 12.1 Å². The second-order valence-corrected chi connectivity index (χ2v) is 8.97. The van der Waals surface area contributed by atoms with Crippen molar-refractivity contribution in [1.82, 2.24) is 10.6 Å². The first kappa shape index (κ1) is 22.8. The number of hydrogen-bond donors (Lipinski definition) is 3. The lowest BCUT2D eigenvalue weighted by Gasteiger charge is -2.32. The predicted octanol–water partition coefficient (Wildman–Crippen LogP) is 5.28. The Bertz CT molecular complexity index is 779. The number of rotatable bonds is 10. The van der Waals surface area contributed by atoms with Gasteiger partial charge in [0, 0.05) is 49.1 Å². The Morgan fingerprint density at radius 2 is 2.00 bits per heavy atom. The smallest absolute Gasteiger partial charge is 0.130 e. The molecule has 0 amide bonds. The molecule has 0 aromatic heterocycles. The number of allylic oxidation sites excluding steroid dienone is 1. The second kappa shape index (κ2) is 9.95. The van der Waals surface area contributed by atoms with Gasteiger partial charge in [-0.15, -0.1) is 0 Å². The molecule has 1 aromatic carbocycles. The van der Waals surface area contributed by atoms with E-state index in [4.69, 9.17) is 0 Å². The third-order valence-corrected chi connectivity index (χ3v) is 6.93. The molecule has 3 rings (SSSR count). The third-order valence-electron chi connectivity index (χ3n) is 6.93. The third kappa shape index (κ3) is 4.14. The molecule has 0 saturated heterocycles. The fraction of sp³-hybridized carbons (Fsp3) is 0.640. The highest BCUT2D eigenvalue weighted by molar-refractivity contribution is 6.10. The average molecular weight is 415 g/mol. The van der Waals surface area contributed by atoms with Crippen molar-refractivity contribution < 1.29 is 4.39 Å². The van der Waals surface area contributed by atoms with Gasteiger partial charge in [0.1, 0.15) is 12.5 Å². The molecule has 3 N–H and O–H groups in total. The van der Waals surface area contributed by atoms with Crippen molar-refractivity contribution in [2.75, 3.05) is 31.7 Å². The van der Waals surface area contributed by atoms with Crippen molar-refractivity contribution in [2.45, 2.75) is 71.3 Å². The molecule has 1 atom stereocenters. The minimum atomic E-state index is -0.348. The Hall–Kier alpha value is -1.88. The number of nitrogens with one attached hydrogen (secondary N) is 3. The summed E-state index contributed by atoms with van der Waals surface area (Å²) in [5.41, 5.74) is 6.29. The number of nitrogens with zero attached hydrogens (tertiary/aromatic N) is 1. The Morgan fingerprint density at radius 3 is 2.63 bits per heavy atom. The first-order valence-electron chi connectivity index (χ1n) is 11.7. The van der Waals surface area contributed by atoms with Crippen molar-refractivity contribution in [3.8, 4) is 0 Å². The van der Waals surface area contributed by atoms with Crippen LogP contribution in [0.15, 0.2) is 29.5 Å². The lowest BCUT2D eigenvalue weighted by atomic mass is 9.73. The highest BCUT2D eigenvalue weighted by Crippen LogP contribution is 2.49. The number of fused-ring (bicyclic) bond motifs is 1. The first-order chi connectivity index (χ1) is 14.5. The summed E-state index contributed by atoms with van der Waals surface area (Å²) in [6.07, 6.45) is 6.60. The molecule has 2 aliphatic rings. The molecule has 0 bridgehead atoms. The van der Waals surface area contributed by atoms with E-state index in [9.17, 15) is 9.80 Å². The van der Waals surface area contributed by atoms with Crippen LogP contribution in [0.2, 0.25) is 0 Å². The summed E-state index contributed by atoms with van der Waals surface area (Å²) < 4.78 is 12.7. The van der Waals surface area contributed by atoms with E-state index >= 15 is 0 Å². The maximum atomic E-state index is 12.7. The van der Waals surface area contributed by atoms with Crippen LogP contribution < -0.4 is 15.5 Å². The van der Waals surface area contributed by atoms with Crippen molar-refractivity contribution in [3.05, 3.63) is 40.6 Å². The summed E-state index contributed by atoms with van der Waals surface area (Å²) >= 11 is 0. The normalized spacial score (nSPS) is 20.0. The van der Waals surface area contributed by atoms with Crippen LogP contribution in [0.3, 0.4) is 0 Å². The maximum Gasteiger partial charge on any atom is 0.130 e.